The van der Waals surface area contributed by atoms with Gasteiger partial charge in [0.2, 0.25) is 21.8 Å². The van der Waals surface area contributed by atoms with E-state index < -0.39 is 16.1 Å². The zero-order valence-electron chi connectivity index (χ0n) is 24.9. The number of nitrogens with zero attached hydrogens (tertiary/aromatic N) is 2. The molecule has 0 aromatic heterocycles. The molecule has 2 amide bonds. The second-order valence-electron chi connectivity index (χ2n) is 10.4. The van der Waals surface area contributed by atoms with Crippen LogP contribution in [0.3, 0.4) is 0 Å². The highest BCUT2D eigenvalue weighted by Crippen LogP contribution is 2.30. The maximum Gasteiger partial charge on any atom is 0.243 e. The zero-order valence-corrected chi connectivity index (χ0v) is 28.1. The van der Waals surface area contributed by atoms with Gasteiger partial charge in [0.15, 0.2) is 0 Å². The number of hydrogen-bond acceptors (Lipinski definition) is 5. The maximum absolute atomic E-state index is 14.0. The van der Waals surface area contributed by atoms with Crippen molar-refractivity contribution in [3.05, 3.63) is 93.4 Å². The molecule has 3 rings (SSSR count). The van der Waals surface area contributed by atoms with Gasteiger partial charge in [-0.1, -0.05) is 76.9 Å². The van der Waals surface area contributed by atoms with Crippen molar-refractivity contribution in [2.75, 3.05) is 24.2 Å². The lowest BCUT2D eigenvalue weighted by molar-refractivity contribution is -0.141. The molecule has 0 aliphatic carbocycles. The van der Waals surface area contributed by atoms with Crippen LogP contribution in [-0.4, -0.2) is 57.1 Å². The predicted molar refractivity (Wildman–Crippen MR) is 176 cm³/mol. The molecule has 43 heavy (non-hydrogen) atoms. The molecule has 0 saturated heterocycles. The quantitative estimate of drug-likeness (QED) is 0.204. The van der Waals surface area contributed by atoms with Gasteiger partial charge in [-0.05, 0) is 61.2 Å². The van der Waals surface area contributed by atoms with Gasteiger partial charge in [-0.25, -0.2) is 8.42 Å². The first-order valence-corrected chi connectivity index (χ1v) is 17.1. The van der Waals surface area contributed by atoms with E-state index in [1.807, 2.05) is 68.4 Å². The summed E-state index contributed by atoms with van der Waals surface area (Å²) in [5, 5.41) is 3.34. The lowest BCUT2D eigenvalue weighted by Gasteiger charge is -2.33. The molecule has 0 aliphatic rings. The van der Waals surface area contributed by atoms with Crippen molar-refractivity contribution in [1.29, 1.82) is 0 Å². The minimum absolute atomic E-state index is 0.0335. The van der Waals surface area contributed by atoms with Crippen LogP contribution in [0, 0.1) is 0 Å². The average Bonchev–Trinajstić information content (AvgIpc) is 2.96. The fourth-order valence-electron chi connectivity index (χ4n) is 4.64. The van der Waals surface area contributed by atoms with E-state index in [0.717, 1.165) is 28.3 Å². The first kappa shape index (κ1) is 34.4. The number of amides is 2. The van der Waals surface area contributed by atoms with Gasteiger partial charge in [-0.15, -0.1) is 0 Å². The second kappa shape index (κ2) is 16.1. The van der Waals surface area contributed by atoms with Crippen LogP contribution in [0.4, 0.5) is 5.69 Å². The molecule has 232 valence electrons. The number of methoxy groups -OCH3 is 1. The lowest BCUT2D eigenvalue weighted by atomic mass is 10.0. The van der Waals surface area contributed by atoms with Crippen LogP contribution < -0.4 is 14.4 Å². The summed E-state index contributed by atoms with van der Waals surface area (Å²) in [7, 11) is -2.19. The van der Waals surface area contributed by atoms with Crippen molar-refractivity contribution in [3.63, 3.8) is 0 Å². The van der Waals surface area contributed by atoms with Crippen molar-refractivity contribution in [1.82, 2.24) is 10.2 Å². The summed E-state index contributed by atoms with van der Waals surface area (Å²) in [4.78, 5) is 29.2. The molecule has 0 radical (unpaired) electrons. The minimum Gasteiger partial charge on any atom is -0.495 e. The average molecular weight is 693 g/mol. The Morgan fingerprint density at radius 1 is 1.02 bits per heavy atom. The van der Waals surface area contributed by atoms with Crippen LogP contribution in [0.1, 0.15) is 44.2 Å². The van der Waals surface area contributed by atoms with Crippen LogP contribution >= 0.6 is 27.5 Å². The fourth-order valence-corrected chi connectivity index (χ4v) is 6.30. The zero-order chi connectivity index (χ0) is 31.6. The number of anilines is 1. The van der Waals surface area contributed by atoms with Crippen molar-refractivity contribution >= 4 is 55.1 Å². The van der Waals surface area contributed by atoms with Crippen molar-refractivity contribution in [2.45, 2.75) is 58.2 Å². The second-order valence-corrected chi connectivity index (χ2v) is 13.7. The first-order chi connectivity index (χ1) is 20.4. The Hall–Kier alpha value is -3.08. The normalized spacial score (nSPS) is 12.7. The van der Waals surface area contributed by atoms with Gasteiger partial charge in [-0.2, -0.15) is 0 Å². The molecule has 2 atom stereocenters. The molecule has 3 aromatic rings. The van der Waals surface area contributed by atoms with E-state index in [1.165, 1.54) is 17.5 Å². The van der Waals surface area contributed by atoms with Crippen molar-refractivity contribution in [3.8, 4) is 5.75 Å². The monoisotopic (exact) mass is 691 g/mol. The van der Waals surface area contributed by atoms with E-state index in [9.17, 15) is 18.0 Å². The first-order valence-electron chi connectivity index (χ1n) is 14.1. The summed E-state index contributed by atoms with van der Waals surface area (Å²) in [6, 6.07) is 21.1. The maximum atomic E-state index is 14.0. The highest BCUT2D eigenvalue weighted by atomic mass is 79.9. The number of halogens is 2. The number of benzene rings is 3. The Morgan fingerprint density at radius 2 is 1.72 bits per heavy atom. The topological polar surface area (TPSA) is 96.0 Å². The molecule has 0 spiro atoms. The Labute approximate surface area is 268 Å². The summed E-state index contributed by atoms with van der Waals surface area (Å²) in [5.74, 6) is -0.0500. The van der Waals surface area contributed by atoms with Gasteiger partial charge in [0.05, 0.1) is 24.1 Å². The third-order valence-electron chi connectivity index (χ3n) is 7.09. The molecule has 0 heterocycles. The van der Waals surface area contributed by atoms with E-state index in [-0.39, 0.29) is 48.8 Å². The van der Waals surface area contributed by atoms with Gasteiger partial charge in [-0.3, -0.25) is 13.9 Å². The van der Waals surface area contributed by atoms with Crippen molar-refractivity contribution in [2.24, 2.45) is 0 Å². The van der Waals surface area contributed by atoms with E-state index in [2.05, 4.69) is 21.2 Å². The number of carbonyl (C=O) groups excluding carboxylic acids is 2. The van der Waals surface area contributed by atoms with E-state index in [0.29, 0.717) is 17.9 Å². The summed E-state index contributed by atoms with van der Waals surface area (Å²) < 4.78 is 32.7. The molecule has 0 fully saturated rings. The molecule has 1 N–H and O–H groups in total. The Kier molecular flexibility index (Phi) is 12.9. The molecule has 0 aliphatic heterocycles. The number of carbonyl (C=O) groups is 2. The Morgan fingerprint density at radius 3 is 2.33 bits per heavy atom. The van der Waals surface area contributed by atoms with E-state index >= 15 is 0 Å². The van der Waals surface area contributed by atoms with Crippen LogP contribution in [0.2, 0.25) is 5.02 Å². The van der Waals surface area contributed by atoms with Crippen LogP contribution in [-0.2, 0) is 32.6 Å². The third kappa shape index (κ3) is 10.3. The number of nitrogens with one attached hydrogen (secondary N) is 1. The van der Waals surface area contributed by atoms with Crippen molar-refractivity contribution < 1.29 is 22.7 Å². The Bertz CT molecular complexity index is 1490. The molecule has 0 saturated carbocycles. The Balaban J connectivity index is 1.90. The number of sulfonamides is 1. The third-order valence-corrected chi connectivity index (χ3v) is 9.07. The number of hydrogen-bond donors (Lipinski definition) is 1. The molecular weight excluding hydrogens is 654 g/mol. The molecule has 0 bridgehead atoms. The summed E-state index contributed by atoms with van der Waals surface area (Å²) >= 11 is 9.77. The van der Waals surface area contributed by atoms with E-state index in [1.54, 1.807) is 17.0 Å². The fraction of sp³-hybridized carbons (Fsp3) is 0.375. The van der Waals surface area contributed by atoms with Gasteiger partial charge in [0, 0.05) is 36.4 Å². The number of ether oxygens (including phenoxy) is 1. The van der Waals surface area contributed by atoms with Crippen LogP contribution in [0.15, 0.2) is 77.3 Å². The molecule has 3 aromatic carbocycles. The van der Waals surface area contributed by atoms with Gasteiger partial charge >= 0.3 is 0 Å². The smallest absolute Gasteiger partial charge is 0.243 e. The van der Waals surface area contributed by atoms with Gasteiger partial charge < -0.3 is 15.0 Å². The molecule has 8 nitrogen and oxygen atoms in total. The highest BCUT2D eigenvalue weighted by Gasteiger charge is 2.31. The largest absolute Gasteiger partial charge is 0.495 e. The van der Waals surface area contributed by atoms with Crippen LogP contribution in [0.25, 0.3) is 0 Å². The van der Waals surface area contributed by atoms with Gasteiger partial charge in [0.1, 0.15) is 11.8 Å². The number of rotatable bonds is 15. The van der Waals surface area contributed by atoms with Crippen LogP contribution in [0.5, 0.6) is 5.75 Å². The SMILES string of the molecule is CCC(C)NC(=O)C(Cc1ccccc1)N(Cc1cccc(Br)c1)C(=O)CCCN(c1ccc(OC)c(Cl)c1)S(C)(=O)=O. The summed E-state index contributed by atoms with van der Waals surface area (Å²) in [6.45, 7) is 4.20. The highest BCUT2D eigenvalue weighted by molar-refractivity contribution is 9.10. The van der Waals surface area contributed by atoms with Gasteiger partial charge in [0.25, 0.3) is 0 Å². The lowest BCUT2D eigenvalue weighted by Crippen LogP contribution is -2.52. The molecule has 2 unspecified atom stereocenters. The standard InChI is InChI=1S/C32H39BrClN3O5S/c1-5-23(2)35-32(39)29(20-24-11-7-6-8-12-24)36(22-25-13-9-14-26(33)19-25)31(38)15-10-18-37(43(4,40)41)27-16-17-30(42-3)28(34)21-27/h6-9,11-14,16-17,19,21,23,29H,5,10,15,18,20,22H2,1-4H3,(H,35,39). The molecular formula is C32H39BrClN3O5S. The minimum atomic E-state index is -3.67. The summed E-state index contributed by atoms with van der Waals surface area (Å²) in [5.41, 5.74) is 2.17. The van der Waals surface area contributed by atoms with E-state index in [4.69, 9.17) is 16.3 Å². The summed E-state index contributed by atoms with van der Waals surface area (Å²) in [6.07, 6.45) is 2.46. The molecule has 11 heteroatoms. The predicted octanol–water partition coefficient (Wildman–Crippen LogP) is 6.21.